The molecule has 99 valence electrons. The van der Waals surface area contributed by atoms with Crippen molar-refractivity contribution in [2.24, 2.45) is 0 Å². The number of halogens is 4. The van der Waals surface area contributed by atoms with Crippen molar-refractivity contribution < 1.29 is 17.9 Å². The molecule has 0 fully saturated rings. The Kier molecular flexibility index (Phi) is 3.95. The predicted molar refractivity (Wildman–Crippen MR) is 63.9 cm³/mol. The molecule has 0 spiro atoms. The first-order valence-corrected chi connectivity index (χ1v) is 5.65. The van der Waals surface area contributed by atoms with Crippen molar-refractivity contribution in [3.8, 4) is 5.75 Å². The summed E-state index contributed by atoms with van der Waals surface area (Å²) in [4.78, 5) is 3.67. The Bertz CT molecular complexity index is 558. The number of hydrogen-bond donors (Lipinski definition) is 0. The molecule has 0 amide bonds. The minimum Gasteiger partial charge on any atom is -0.487 e. The lowest BCUT2D eigenvalue weighted by Gasteiger charge is -2.10. The van der Waals surface area contributed by atoms with Crippen LogP contribution in [0.2, 0.25) is 5.02 Å². The monoisotopic (exact) mass is 286 g/mol. The van der Waals surface area contributed by atoms with E-state index in [9.17, 15) is 13.2 Å². The van der Waals surface area contributed by atoms with Crippen LogP contribution in [0, 0.1) is 6.07 Å². The van der Waals surface area contributed by atoms with E-state index in [-0.39, 0.29) is 17.3 Å². The van der Waals surface area contributed by atoms with Gasteiger partial charge in [-0.1, -0.05) is 23.7 Å². The van der Waals surface area contributed by atoms with E-state index in [4.69, 9.17) is 16.3 Å². The van der Waals surface area contributed by atoms with Crippen LogP contribution in [0.1, 0.15) is 11.3 Å². The molecule has 1 aromatic heterocycles. The number of benzene rings is 1. The first kappa shape index (κ1) is 13.7. The third-order valence-electron chi connectivity index (χ3n) is 2.31. The quantitative estimate of drug-likeness (QED) is 0.846. The van der Waals surface area contributed by atoms with Crippen LogP contribution >= 0.6 is 11.6 Å². The van der Waals surface area contributed by atoms with E-state index in [1.807, 2.05) is 0 Å². The summed E-state index contributed by atoms with van der Waals surface area (Å²) in [6, 6.07) is 10.3. The zero-order valence-electron chi connectivity index (χ0n) is 9.54. The van der Waals surface area contributed by atoms with Crippen molar-refractivity contribution in [3.63, 3.8) is 0 Å². The number of aromatic nitrogens is 1. The molecule has 0 atom stereocenters. The largest absolute Gasteiger partial charge is 0.487 e. The van der Waals surface area contributed by atoms with Crippen LogP contribution in [-0.2, 0) is 12.8 Å². The second kappa shape index (κ2) is 5.48. The first-order chi connectivity index (χ1) is 8.97. The molecule has 0 aliphatic rings. The molecular weight excluding hydrogens is 279 g/mol. The molecule has 0 N–H and O–H groups in total. The van der Waals surface area contributed by atoms with Crippen LogP contribution in [0.25, 0.3) is 0 Å². The van der Waals surface area contributed by atoms with Gasteiger partial charge in [-0.15, -0.1) is 0 Å². The standard InChI is InChI=1S/C13H8ClF3NO/c14-11-6-9(13(15,16)17)7-18-12(11)8-19-10-4-2-1-3-5-10/h2-7H,8H2. The van der Waals surface area contributed by atoms with Crippen LogP contribution in [0.5, 0.6) is 5.75 Å². The van der Waals surface area contributed by atoms with Gasteiger partial charge in [0.2, 0.25) is 0 Å². The molecule has 2 rings (SSSR count). The van der Waals surface area contributed by atoms with Gasteiger partial charge >= 0.3 is 6.18 Å². The molecule has 1 heterocycles. The fourth-order valence-electron chi connectivity index (χ4n) is 1.35. The fourth-order valence-corrected chi connectivity index (χ4v) is 1.57. The molecule has 0 saturated carbocycles. The van der Waals surface area contributed by atoms with Gasteiger partial charge in [-0.2, -0.15) is 13.2 Å². The maximum absolute atomic E-state index is 12.4. The highest BCUT2D eigenvalue weighted by molar-refractivity contribution is 6.31. The van der Waals surface area contributed by atoms with E-state index in [2.05, 4.69) is 11.1 Å². The average Bonchev–Trinajstić information content (AvgIpc) is 2.37. The minimum absolute atomic E-state index is 0.000976. The van der Waals surface area contributed by atoms with Crippen molar-refractivity contribution in [3.05, 3.63) is 58.9 Å². The smallest absolute Gasteiger partial charge is 0.417 e. The van der Waals surface area contributed by atoms with E-state index in [1.54, 1.807) is 24.3 Å². The summed E-state index contributed by atoms with van der Waals surface area (Å²) >= 11 is 5.75. The van der Waals surface area contributed by atoms with Gasteiger partial charge in [-0.3, -0.25) is 4.98 Å². The summed E-state index contributed by atoms with van der Waals surface area (Å²) in [5.41, 5.74) is -0.627. The lowest BCUT2D eigenvalue weighted by atomic mass is 10.2. The van der Waals surface area contributed by atoms with Crippen molar-refractivity contribution in [1.82, 2.24) is 4.98 Å². The van der Waals surface area contributed by atoms with E-state index < -0.39 is 11.7 Å². The van der Waals surface area contributed by atoms with Gasteiger partial charge in [0.15, 0.2) is 0 Å². The number of ether oxygens (including phenoxy) is 1. The topological polar surface area (TPSA) is 22.1 Å². The first-order valence-electron chi connectivity index (χ1n) is 5.27. The summed E-state index contributed by atoms with van der Waals surface area (Å²) in [5.74, 6) is 0.566. The molecule has 0 bridgehead atoms. The highest BCUT2D eigenvalue weighted by Crippen LogP contribution is 2.31. The maximum atomic E-state index is 12.4. The molecule has 0 aliphatic heterocycles. The Balaban J connectivity index is 2.10. The molecule has 0 unspecified atom stereocenters. The van der Waals surface area contributed by atoms with E-state index in [0.29, 0.717) is 5.75 Å². The molecule has 19 heavy (non-hydrogen) atoms. The van der Waals surface area contributed by atoms with Crippen LogP contribution < -0.4 is 4.74 Å². The molecular formula is C13H8ClF3NO. The molecule has 2 aromatic rings. The molecule has 0 aliphatic carbocycles. The van der Waals surface area contributed by atoms with E-state index in [0.717, 1.165) is 12.3 Å². The lowest BCUT2D eigenvalue weighted by Crippen LogP contribution is -2.07. The zero-order chi connectivity index (χ0) is 13.9. The van der Waals surface area contributed by atoms with Crippen LogP contribution in [0.15, 0.2) is 36.5 Å². The molecule has 1 radical (unpaired) electrons. The van der Waals surface area contributed by atoms with E-state index >= 15 is 0 Å². The van der Waals surface area contributed by atoms with Gasteiger partial charge in [0.25, 0.3) is 0 Å². The minimum atomic E-state index is -4.45. The SMILES string of the molecule is FC(F)(F)c1cnc(COc2cc[c]cc2)c(Cl)c1. The normalized spacial score (nSPS) is 11.4. The summed E-state index contributed by atoms with van der Waals surface area (Å²) < 4.78 is 42.6. The Morgan fingerprint density at radius 2 is 1.95 bits per heavy atom. The highest BCUT2D eigenvalue weighted by atomic mass is 35.5. The molecule has 0 saturated heterocycles. The van der Waals surface area contributed by atoms with Gasteiger partial charge in [-0.05, 0) is 24.3 Å². The Morgan fingerprint density at radius 3 is 2.53 bits per heavy atom. The number of nitrogens with zero attached hydrogens (tertiary/aromatic N) is 1. The van der Waals surface area contributed by atoms with Gasteiger partial charge in [0.05, 0.1) is 16.3 Å². The van der Waals surface area contributed by atoms with Crippen molar-refractivity contribution in [2.45, 2.75) is 12.8 Å². The van der Waals surface area contributed by atoms with Gasteiger partial charge in [-0.25, -0.2) is 0 Å². The molecule has 1 aromatic carbocycles. The van der Waals surface area contributed by atoms with Crippen molar-refractivity contribution >= 4 is 11.6 Å². The molecule has 2 nitrogen and oxygen atoms in total. The summed E-state index contributed by atoms with van der Waals surface area (Å²) in [6.07, 6.45) is -3.71. The van der Waals surface area contributed by atoms with Gasteiger partial charge in [0.1, 0.15) is 12.4 Å². The molecule has 6 heteroatoms. The van der Waals surface area contributed by atoms with Crippen molar-refractivity contribution in [2.75, 3.05) is 0 Å². The zero-order valence-corrected chi connectivity index (χ0v) is 10.3. The number of alkyl halides is 3. The second-order valence-corrected chi connectivity index (χ2v) is 4.08. The maximum Gasteiger partial charge on any atom is 0.417 e. The summed E-state index contributed by atoms with van der Waals surface area (Å²) in [5, 5.41) is -0.0719. The summed E-state index contributed by atoms with van der Waals surface area (Å²) in [6.45, 7) is 0.000976. The van der Waals surface area contributed by atoms with Gasteiger partial charge < -0.3 is 4.74 Å². The highest BCUT2D eigenvalue weighted by Gasteiger charge is 2.31. The van der Waals surface area contributed by atoms with Crippen LogP contribution in [0.4, 0.5) is 13.2 Å². The predicted octanol–water partition coefficient (Wildman–Crippen LogP) is 4.13. The number of pyridine rings is 1. The summed E-state index contributed by atoms with van der Waals surface area (Å²) in [7, 11) is 0. The van der Waals surface area contributed by atoms with E-state index in [1.165, 1.54) is 0 Å². The number of hydrogen-bond acceptors (Lipinski definition) is 2. The second-order valence-electron chi connectivity index (χ2n) is 3.67. The van der Waals surface area contributed by atoms with Crippen LogP contribution in [-0.4, -0.2) is 4.98 Å². The third kappa shape index (κ3) is 3.61. The Hall–Kier alpha value is -1.75. The van der Waals surface area contributed by atoms with Crippen molar-refractivity contribution in [1.29, 1.82) is 0 Å². The lowest BCUT2D eigenvalue weighted by molar-refractivity contribution is -0.137. The Labute approximate surface area is 112 Å². The fraction of sp³-hybridized carbons (Fsp3) is 0.154. The average molecular weight is 287 g/mol. The third-order valence-corrected chi connectivity index (χ3v) is 2.64. The Morgan fingerprint density at radius 1 is 1.26 bits per heavy atom. The van der Waals surface area contributed by atoms with Gasteiger partial charge in [0, 0.05) is 6.20 Å². The number of rotatable bonds is 3. The van der Waals surface area contributed by atoms with Crippen LogP contribution in [0.3, 0.4) is 0 Å².